The molecule has 0 radical (unpaired) electrons. The fourth-order valence-electron chi connectivity index (χ4n) is 1.38. The highest BCUT2D eigenvalue weighted by Crippen LogP contribution is 2.11. The van der Waals surface area contributed by atoms with Gasteiger partial charge in [0.25, 0.3) is 0 Å². The molecule has 1 aliphatic heterocycles. The van der Waals surface area contributed by atoms with E-state index in [2.05, 4.69) is 15.5 Å². The average molecular weight is 258 g/mol. The third-order valence-electron chi connectivity index (χ3n) is 2.20. The lowest BCUT2D eigenvalue weighted by Crippen LogP contribution is -2.49. The van der Waals surface area contributed by atoms with E-state index in [9.17, 15) is 9.59 Å². The first-order valence-corrected chi connectivity index (χ1v) is 5.71. The second-order valence-electron chi connectivity index (χ2n) is 3.32. The molecule has 1 aromatic rings. The van der Waals surface area contributed by atoms with Crippen molar-refractivity contribution in [1.82, 2.24) is 15.1 Å². The summed E-state index contributed by atoms with van der Waals surface area (Å²) in [5.41, 5.74) is 1.50. The Bertz CT molecular complexity index is 410. The van der Waals surface area contributed by atoms with Crippen LogP contribution in [0.2, 0.25) is 0 Å². The van der Waals surface area contributed by atoms with Crippen molar-refractivity contribution in [1.29, 1.82) is 0 Å². The molecule has 2 N–H and O–H groups in total. The molecule has 1 aromatic heterocycles. The largest absolute Gasteiger partial charge is 0.479 e. The molecule has 1 aliphatic rings. The lowest BCUT2D eigenvalue weighted by molar-refractivity contribution is -0.154. The van der Waals surface area contributed by atoms with Crippen molar-refractivity contribution >= 4 is 28.5 Å². The fourth-order valence-corrected chi connectivity index (χ4v) is 1.82. The summed E-state index contributed by atoms with van der Waals surface area (Å²) in [6.45, 7) is 0.592. The molecule has 1 atom stereocenters. The van der Waals surface area contributed by atoms with Gasteiger partial charge < -0.3 is 14.7 Å². The first kappa shape index (κ1) is 11.7. The number of rotatable bonds is 2. The average Bonchev–Trinajstić information content (AvgIpc) is 2.82. The smallest absolute Gasteiger partial charge is 0.334 e. The Hall–Kier alpha value is -1.74. The molecule has 1 fully saturated rings. The van der Waals surface area contributed by atoms with E-state index in [4.69, 9.17) is 9.84 Å². The molecule has 0 spiro atoms. The van der Waals surface area contributed by atoms with E-state index in [1.54, 1.807) is 0 Å². The van der Waals surface area contributed by atoms with E-state index in [-0.39, 0.29) is 13.2 Å². The highest BCUT2D eigenvalue weighted by Gasteiger charge is 2.29. The van der Waals surface area contributed by atoms with Crippen molar-refractivity contribution in [2.24, 2.45) is 0 Å². The predicted octanol–water partition coefficient (Wildman–Crippen LogP) is -0.145. The van der Waals surface area contributed by atoms with E-state index in [1.165, 1.54) is 21.7 Å². The number of aromatic nitrogens is 2. The second kappa shape index (κ2) is 5.06. The molecule has 17 heavy (non-hydrogen) atoms. The minimum Gasteiger partial charge on any atom is -0.479 e. The van der Waals surface area contributed by atoms with Gasteiger partial charge in [-0.25, -0.2) is 9.59 Å². The number of carboxylic acids is 1. The highest BCUT2D eigenvalue weighted by molar-refractivity contribution is 7.13. The number of urea groups is 1. The zero-order valence-corrected chi connectivity index (χ0v) is 9.51. The van der Waals surface area contributed by atoms with Crippen LogP contribution >= 0.6 is 11.3 Å². The van der Waals surface area contributed by atoms with Gasteiger partial charge >= 0.3 is 12.0 Å². The van der Waals surface area contributed by atoms with Crippen LogP contribution in [-0.4, -0.2) is 58.0 Å². The quantitative estimate of drug-likeness (QED) is 0.764. The molecule has 2 amide bonds. The number of carbonyl (C=O) groups is 2. The summed E-state index contributed by atoms with van der Waals surface area (Å²) in [7, 11) is 0. The maximum atomic E-state index is 11.7. The molecule has 9 heteroatoms. The van der Waals surface area contributed by atoms with Crippen LogP contribution in [0.4, 0.5) is 9.93 Å². The summed E-state index contributed by atoms with van der Waals surface area (Å²) in [5, 5.41) is 19.0. The molecule has 1 unspecified atom stereocenters. The van der Waals surface area contributed by atoms with Gasteiger partial charge in [0.15, 0.2) is 6.10 Å². The Morgan fingerprint density at radius 1 is 1.65 bits per heavy atom. The van der Waals surface area contributed by atoms with Crippen molar-refractivity contribution < 1.29 is 19.4 Å². The van der Waals surface area contributed by atoms with Crippen LogP contribution in [0.5, 0.6) is 0 Å². The number of morpholine rings is 1. The molecule has 0 saturated carbocycles. The van der Waals surface area contributed by atoms with Gasteiger partial charge in [0.05, 0.1) is 13.2 Å². The van der Waals surface area contributed by atoms with Crippen LogP contribution in [0.15, 0.2) is 5.51 Å². The summed E-state index contributed by atoms with van der Waals surface area (Å²) in [6.07, 6.45) is -0.969. The third kappa shape index (κ3) is 2.88. The van der Waals surface area contributed by atoms with Crippen LogP contribution in [0, 0.1) is 0 Å². The van der Waals surface area contributed by atoms with E-state index in [0.29, 0.717) is 11.7 Å². The minimum atomic E-state index is -1.07. The van der Waals surface area contributed by atoms with Crippen LogP contribution in [-0.2, 0) is 9.53 Å². The number of hydrogen-bond donors (Lipinski definition) is 2. The molecule has 8 nitrogen and oxygen atoms in total. The monoisotopic (exact) mass is 258 g/mol. The molecular formula is C8H10N4O4S. The zero-order valence-electron chi connectivity index (χ0n) is 8.70. The summed E-state index contributed by atoms with van der Waals surface area (Å²) < 4.78 is 5.01. The number of hydrogen-bond acceptors (Lipinski definition) is 6. The number of amides is 2. The summed E-state index contributed by atoms with van der Waals surface area (Å²) in [6, 6.07) is -0.392. The highest BCUT2D eigenvalue weighted by atomic mass is 32.1. The number of carbonyl (C=O) groups excluding carboxylic acids is 1. The van der Waals surface area contributed by atoms with E-state index in [1.807, 2.05) is 0 Å². The fraction of sp³-hybridized carbons (Fsp3) is 0.500. The zero-order chi connectivity index (χ0) is 12.3. The van der Waals surface area contributed by atoms with Crippen LogP contribution in [0.1, 0.15) is 0 Å². The first-order chi connectivity index (χ1) is 8.16. The number of ether oxygens (including phenoxy) is 1. The van der Waals surface area contributed by atoms with Crippen LogP contribution in [0.25, 0.3) is 0 Å². The van der Waals surface area contributed by atoms with Gasteiger partial charge in [0.2, 0.25) is 5.13 Å². The lowest BCUT2D eigenvalue weighted by atomic mass is 10.3. The Morgan fingerprint density at radius 2 is 2.47 bits per heavy atom. The SMILES string of the molecule is O=C(O)C1CN(C(=O)Nc2nncs2)CCO1. The predicted molar refractivity (Wildman–Crippen MR) is 57.9 cm³/mol. The molecule has 0 aromatic carbocycles. The van der Waals surface area contributed by atoms with E-state index < -0.39 is 18.1 Å². The number of nitrogens with one attached hydrogen (secondary N) is 1. The third-order valence-corrected chi connectivity index (χ3v) is 2.81. The molecule has 0 aliphatic carbocycles. The van der Waals surface area contributed by atoms with Crippen molar-refractivity contribution in [2.75, 3.05) is 25.0 Å². The second-order valence-corrected chi connectivity index (χ2v) is 4.15. The van der Waals surface area contributed by atoms with Crippen molar-refractivity contribution in [3.63, 3.8) is 0 Å². The van der Waals surface area contributed by atoms with Crippen LogP contribution in [0.3, 0.4) is 0 Å². The number of carboxylic acid groups (broad SMARTS) is 1. The molecular weight excluding hydrogens is 248 g/mol. The first-order valence-electron chi connectivity index (χ1n) is 4.83. The van der Waals surface area contributed by atoms with Gasteiger partial charge in [-0.05, 0) is 0 Å². The molecule has 2 rings (SSSR count). The molecule has 92 valence electrons. The standard InChI is InChI=1S/C8H10N4O4S/c13-6(14)5-3-12(1-2-16-5)8(15)10-7-11-9-4-17-7/h4-5H,1-3H2,(H,13,14)(H,10,11,15). The minimum absolute atomic E-state index is 0.0277. The molecule has 1 saturated heterocycles. The molecule has 2 heterocycles. The summed E-state index contributed by atoms with van der Waals surface area (Å²) >= 11 is 1.19. The van der Waals surface area contributed by atoms with Gasteiger partial charge in [-0.3, -0.25) is 5.32 Å². The van der Waals surface area contributed by atoms with Crippen molar-refractivity contribution in [2.45, 2.75) is 6.10 Å². The van der Waals surface area contributed by atoms with E-state index in [0.717, 1.165) is 0 Å². The Kier molecular flexibility index (Phi) is 3.49. The summed E-state index contributed by atoms with van der Waals surface area (Å²) in [4.78, 5) is 23.9. The van der Waals surface area contributed by atoms with Gasteiger partial charge in [0, 0.05) is 6.54 Å². The maximum absolute atomic E-state index is 11.7. The maximum Gasteiger partial charge on any atom is 0.334 e. The Labute approximate surface area is 100 Å². The van der Waals surface area contributed by atoms with Crippen molar-refractivity contribution in [3.05, 3.63) is 5.51 Å². The Balaban J connectivity index is 1.93. The van der Waals surface area contributed by atoms with Gasteiger partial charge in [0.1, 0.15) is 5.51 Å². The Morgan fingerprint density at radius 3 is 3.12 bits per heavy atom. The van der Waals surface area contributed by atoms with Gasteiger partial charge in [-0.1, -0.05) is 11.3 Å². The molecule has 0 bridgehead atoms. The summed E-state index contributed by atoms with van der Waals surface area (Å²) in [5.74, 6) is -1.07. The van der Waals surface area contributed by atoms with Crippen molar-refractivity contribution in [3.8, 4) is 0 Å². The lowest BCUT2D eigenvalue weighted by Gasteiger charge is -2.30. The van der Waals surface area contributed by atoms with Crippen LogP contribution < -0.4 is 5.32 Å². The van der Waals surface area contributed by atoms with Gasteiger partial charge in [-0.15, -0.1) is 10.2 Å². The number of aliphatic carboxylic acids is 1. The van der Waals surface area contributed by atoms with E-state index >= 15 is 0 Å². The topological polar surface area (TPSA) is 105 Å². The normalized spacial score (nSPS) is 20.0. The number of nitrogens with zero attached hydrogens (tertiary/aromatic N) is 3. The number of anilines is 1. The van der Waals surface area contributed by atoms with Gasteiger partial charge in [-0.2, -0.15) is 0 Å².